The Labute approximate surface area is 176 Å². The molecule has 160 valence electrons. The number of hydrogen-bond acceptors (Lipinski definition) is 8. The zero-order chi connectivity index (χ0) is 21.3. The molecule has 0 spiro atoms. The molecule has 0 aliphatic carbocycles. The lowest BCUT2D eigenvalue weighted by Crippen LogP contribution is -2.49. The van der Waals surface area contributed by atoms with Crippen molar-refractivity contribution < 1.29 is 23.5 Å². The van der Waals surface area contributed by atoms with E-state index in [0.717, 1.165) is 11.8 Å². The average molecular weight is 436 g/mol. The number of ether oxygens (including phenoxy) is 1. The van der Waals surface area contributed by atoms with Crippen molar-refractivity contribution in [2.45, 2.75) is 18.5 Å². The first-order chi connectivity index (χ1) is 14.4. The van der Waals surface area contributed by atoms with E-state index < -0.39 is 18.0 Å². The summed E-state index contributed by atoms with van der Waals surface area (Å²) >= 11 is 1.08. The number of cyclic esters (lactones) is 1. The van der Waals surface area contributed by atoms with Crippen LogP contribution in [0.25, 0.3) is 0 Å². The monoisotopic (exact) mass is 436 g/mol. The van der Waals surface area contributed by atoms with Crippen LogP contribution in [-0.2, 0) is 9.53 Å². The summed E-state index contributed by atoms with van der Waals surface area (Å²) in [7, 11) is 0. The lowest BCUT2D eigenvalue weighted by atomic mass is 10.2. The Morgan fingerprint density at radius 2 is 2.07 bits per heavy atom. The van der Waals surface area contributed by atoms with Crippen LogP contribution in [0.3, 0.4) is 0 Å². The quantitative estimate of drug-likeness (QED) is 0.752. The van der Waals surface area contributed by atoms with E-state index in [-0.39, 0.29) is 29.7 Å². The van der Waals surface area contributed by atoms with Gasteiger partial charge in [0, 0.05) is 33.1 Å². The molecule has 1 N–H and O–H groups in total. The normalized spacial score (nSPS) is 24.5. The molecular formula is C18H21FN6O4S. The highest BCUT2D eigenvalue weighted by Crippen LogP contribution is 2.31. The van der Waals surface area contributed by atoms with E-state index >= 15 is 0 Å². The van der Waals surface area contributed by atoms with E-state index in [0.29, 0.717) is 37.6 Å². The number of nitrogens with one attached hydrogen (secondary N) is 1. The van der Waals surface area contributed by atoms with Crippen molar-refractivity contribution in [3.63, 3.8) is 0 Å². The summed E-state index contributed by atoms with van der Waals surface area (Å²) in [5.74, 6) is -0.634. The second-order valence-electron chi connectivity index (χ2n) is 7.14. The van der Waals surface area contributed by atoms with Gasteiger partial charge in [-0.15, -0.1) is 5.11 Å². The number of rotatable bonds is 5. The van der Waals surface area contributed by atoms with Crippen LogP contribution in [-0.4, -0.2) is 73.0 Å². The Kier molecular flexibility index (Phi) is 5.86. The molecule has 2 saturated heterocycles. The Bertz CT molecular complexity index is 891. The Morgan fingerprint density at radius 1 is 1.30 bits per heavy atom. The zero-order valence-corrected chi connectivity index (χ0v) is 17.1. The van der Waals surface area contributed by atoms with Crippen LogP contribution >= 0.6 is 11.8 Å². The van der Waals surface area contributed by atoms with Crippen molar-refractivity contribution in [3.8, 4) is 0 Å². The third-order valence-electron chi connectivity index (χ3n) is 5.11. The first kappa shape index (κ1) is 20.5. The number of nitrogens with zero attached hydrogens (tertiary/aromatic N) is 5. The maximum Gasteiger partial charge on any atom is 0.414 e. The van der Waals surface area contributed by atoms with E-state index in [1.54, 1.807) is 12.1 Å². The first-order valence-corrected chi connectivity index (χ1v) is 10.4. The minimum atomic E-state index is -0.566. The number of halogens is 1. The van der Waals surface area contributed by atoms with E-state index in [4.69, 9.17) is 4.74 Å². The predicted octanol–water partition coefficient (Wildman–Crippen LogP) is 2.01. The summed E-state index contributed by atoms with van der Waals surface area (Å²) in [5, 5.41) is 9.80. The minimum absolute atomic E-state index is 0.207. The fraction of sp³-hybridized carbons (Fsp3) is 0.500. The highest BCUT2D eigenvalue weighted by molar-refractivity contribution is 8.14. The van der Waals surface area contributed by atoms with Gasteiger partial charge in [-0.2, -0.15) is 5.11 Å². The Balaban J connectivity index is 1.37. The van der Waals surface area contributed by atoms with Crippen LogP contribution in [0.4, 0.5) is 25.4 Å². The lowest BCUT2D eigenvalue weighted by molar-refractivity contribution is -0.119. The van der Waals surface area contributed by atoms with Gasteiger partial charge >= 0.3 is 11.3 Å². The highest BCUT2D eigenvalue weighted by atomic mass is 32.2. The number of piperazine rings is 1. The van der Waals surface area contributed by atoms with Crippen molar-refractivity contribution in [1.29, 1.82) is 0 Å². The van der Waals surface area contributed by atoms with Crippen molar-refractivity contribution in [3.05, 3.63) is 24.0 Å². The van der Waals surface area contributed by atoms with Crippen molar-refractivity contribution in [2.24, 2.45) is 10.2 Å². The highest BCUT2D eigenvalue weighted by Gasteiger charge is 2.34. The summed E-state index contributed by atoms with van der Waals surface area (Å²) in [6.07, 6.45) is -1.04. The van der Waals surface area contributed by atoms with Gasteiger partial charge < -0.3 is 15.0 Å². The molecule has 0 bridgehead atoms. The summed E-state index contributed by atoms with van der Waals surface area (Å²) in [4.78, 5) is 39.7. The van der Waals surface area contributed by atoms with Crippen LogP contribution in [0.5, 0.6) is 0 Å². The largest absolute Gasteiger partial charge is 0.442 e. The zero-order valence-electron chi connectivity index (χ0n) is 16.3. The standard InChI is InChI=1S/C18H21FN6O4S/c1-11(26)20-9-13-10-25(18(28)29-13)12-2-3-15(14(19)8-12)23-4-6-24(7-5-23)16-21-22-17(27)30-16/h2-3,8,13,16H,4-7,9-10H2,1H3,(H,20,26)/t13-,16?/m0/s1. The summed E-state index contributed by atoms with van der Waals surface area (Å²) in [6.45, 7) is 4.28. The van der Waals surface area contributed by atoms with Gasteiger partial charge in [0.2, 0.25) is 5.91 Å². The average Bonchev–Trinajstić information content (AvgIpc) is 3.32. The van der Waals surface area contributed by atoms with Crippen LogP contribution in [0, 0.1) is 5.82 Å². The predicted molar refractivity (Wildman–Crippen MR) is 108 cm³/mol. The summed E-state index contributed by atoms with van der Waals surface area (Å²) < 4.78 is 20.1. The van der Waals surface area contributed by atoms with Crippen molar-refractivity contribution >= 4 is 40.4 Å². The van der Waals surface area contributed by atoms with E-state index in [1.165, 1.54) is 17.9 Å². The molecule has 0 saturated carbocycles. The third kappa shape index (κ3) is 4.38. The molecular weight excluding hydrogens is 415 g/mol. The van der Waals surface area contributed by atoms with Gasteiger partial charge in [0.15, 0.2) is 5.50 Å². The van der Waals surface area contributed by atoms with Gasteiger partial charge in [-0.25, -0.2) is 9.18 Å². The molecule has 0 aromatic heterocycles. The van der Waals surface area contributed by atoms with Crippen molar-refractivity contribution in [1.82, 2.24) is 10.2 Å². The Hall–Kier alpha value is -2.73. The number of thioether (sulfide) groups is 1. The van der Waals surface area contributed by atoms with E-state index in [9.17, 15) is 18.8 Å². The van der Waals surface area contributed by atoms with Gasteiger partial charge in [-0.1, -0.05) is 0 Å². The number of hydrogen-bond donors (Lipinski definition) is 1. The number of anilines is 2. The van der Waals surface area contributed by atoms with Gasteiger partial charge in [0.1, 0.15) is 11.9 Å². The second-order valence-corrected chi connectivity index (χ2v) is 8.14. The van der Waals surface area contributed by atoms with Crippen LogP contribution in [0.15, 0.2) is 28.4 Å². The van der Waals surface area contributed by atoms with E-state index in [2.05, 4.69) is 15.5 Å². The molecule has 3 heterocycles. The third-order valence-corrected chi connectivity index (χ3v) is 5.99. The topological polar surface area (TPSA) is 107 Å². The number of amides is 3. The lowest BCUT2D eigenvalue weighted by Gasteiger charge is -2.37. The molecule has 30 heavy (non-hydrogen) atoms. The molecule has 1 unspecified atom stereocenters. The smallest absolute Gasteiger partial charge is 0.414 e. The Morgan fingerprint density at radius 3 is 2.70 bits per heavy atom. The minimum Gasteiger partial charge on any atom is -0.442 e. The van der Waals surface area contributed by atoms with Crippen LogP contribution in [0.2, 0.25) is 0 Å². The SMILES string of the molecule is CC(=O)NC[C@H]1CN(c2ccc(N3CCN(C4N=NC(=O)S4)CC3)c(F)c2)C(=O)O1. The van der Waals surface area contributed by atoms with Gasteiger partial charge in [0.25, 0.3) is 0 Å². The number of carbonyl (C=O) groups is 3. The maximum absolute atomic E-state index is 14.8. The molecule has 2 atom stereocenters. The molecule has 3 aliphatic heterocycles. The molecule has 3 aliphatic rings. The number of benzene rings is 1. The number of azo groups is 1. The fourth-order valence-corrected chi connectivity index (χ4v) is 4.31. The molecule has 3 amide bonds. The molecule has 10 nitrogen and oxygen atoms in total. The van der Waals surface area contributed by atoms with E-state index in [1.807, 2.05) is 9.80 Å². The second kappa shape index (κ2) is 8.56. The first-order valence-electron chi connectivity index (χ1n) is 9.53. The van der Waals surface area contributed by atoms with Gasteiger partial charge in [0.05, 0.1) is 24.5 Å². The van der Waals surface area contributed by atoms with Crippen molar-refractivity contribution in [2.75, 3.05) is 49.1 Å². The molecule has 1 aromatic rings. The molecule has 1 aromatic carbocycles. The van der Waals surface area contributed by atoms with Gasteiger partial charge in [-0.05, 0) is 30.0 Å². The summed E-state index contributed by atoms with van der Waals surface area (Å²) in [6, 6.07) is 4.66. The maximum atomic E-state index is 14.8. The molecule has 0 radical (unpaired) electrons. The van der Waals surface area contributed by atoms with Crippen LogP contribution in [0.1, 0.15) is 6.92 Å². The fourth-order valence-electron chi connectivity index (χ4n) is 3.58. The van der Waals surface area contributed by atoms with Gasteiger partial charge in [-0.3, -0.25) is 19.4 Å². The van der Waals surface area contributed by atoms with Crippen LogP contribution < -0.4 is 15.1 Å². The molecule has 4 rings (SSSR count). The molecule has 2 fully saturated rings. The molecule has 12 heteroatoms. The number of carbonyl (C=O) groups excluding carboxylic acids is 3. The summed E-state index contributed by atoms with van der Waals surface area (Å²) in [5.41, 5.74) is 0.572.